The van der Waals surface area contributed by atoms with Crippen molar-refractivity contribution in [1.29, 1.82) is 0 Å². The second-order valence-electron chi connectivity index (χ2n) is 4.95. The van der Waals surface area contributed by atoms with Crippen LogP contribution >= 0.6 is 11.8 Å². The average Bonchev–Trinajstić information content (AvgIpc) is 2.61. The normalized spacial score (nSPS) is 10.6. The molecular weight excluding hydrogens is 341 g/mol. The summed E-state index contributed by atoms with van der Waals surface area (Å²) >= 11 is 1.56. The molecule has 0 heterocycles. The number of carbonyl (C=O) groups excluding carboxylic acids is 2. The van der Waals surface area contributed by atoms with Crippen molar-refractivity contribution < 1.29 is 18.7 Å². The van der Waals surface area contributed by atoms with E-state index in [4.69, 9.17) is 4.74 Å². The van der Waals surface area contributed by atoms with E-state index in [1.165, 1.54) is 30.3 Å². The van der Waals surface area contributed by atoms with Crippen molar-refractivity contribution in [2.75, 3.05) is 17.7 Å². The van der Waals surface area contributed by atoms with Gasteiger partial charge in [-0.25, -0.2) is 9.18 Å². The number of anilines is 1. The zero-order valence-electron chi connectivity index (χ0n) is 13.7. The van der Waals surface area contributed by atoms with Gasteiger partial charge in [0.1, 0.15) is 5.82 Å². The Morgan fingerprint density at radius 3 is 2.44 bits per heavy atom. The zero-order valence-corrected chi connectivity index (χ0v) is 14.5. The lowest BCUT2D eigenvalue weighted by molar-refractivity contribution is -0.137. The molecule has 0 unspecified atom stereocenters. The number of thioether (sulfide) groups is 1. The first-order valence-corrected chi connectivity index (χ1v) is 8.70. The van der Waals surface area contributed by atoms with Crippen LogP contribution in [0, 0.1) is 5.82 Å². The maximum absolute atomic E-state index is 12.9. The van der Waals surface area contributed by atoms with Gasteiger partial charge in [0, 0.05) is 28.0 Å². The molecule has 0 aliphatic heterocycles. The minimum absolute atomic E-state index is 0.294. The molecule has 0 spiro atoms. The fourth-order valence-electron chi connectivity index (χ4n) is 1.92. The topological polar surface area (TPSA) is 55.4 Å². The first kappa shape index (κ1) is 18.7. The summed E-state index contributed by atoms with van der Waals surface area (Å²) in [6, 6.07) is 12.7. The van der Waals surface area contributed by atoms with Crippen molar-refractivity contribution in [3.05, 3.63) is 72.1 Å². The molecule has 2 aromatic carbocycles. The molecule has 0 bridgehead atoms. The third-order valence-electron chi connectivity index (χ3n) is 3.11. The van der Waals surface area contributed by atoms with Gasteiger partial charge < -0.3 is 10.1 Å². The van der Waals surface area contributed by atoms with Gasteiger partial charge in [0.25, 0.3) is 5.91 Å². The van der Waals surface area contributed by atoms with Crippen molar-refractivity contribution in [3.63, 3.8) is 0 Å². The number of halogens is 1. The van der Waals surface area contributed by atoms with Crippen LogP contribution in [0.2, 0.25) is 0 Å². The first-order valence-electron chi connectivity index (χ1n) is 7.71. The highest BCUT2D eigenvalue weighted by Gasteiger charge is 2.06. The Balaban J connectivity index is 1.84. The van der Waals surface area contributed by atoms with E-state index in [2.05, 4.69) is 5.32 Å². The van der Waals surface area contributed by atoms with Crippen LogP contribution in [0.1, 0.15) is 17.3 Å². The predicted octanol–water partition coefficient (Wildman–Crippen LogP) is 4.29. The summed E-state index contributed by atoms with van der Waals surface area (Å²) in [6.07, 6.45) is 3.15. The fraction of sp³-hybridized carbons (Fsp3) is 0.158. The summed E-state index contributed by atoms with van der Waals surface area (Å²) in [5, 5.41) is 2.76. The highest BCUT2D eigenvalue weighted by Crippen LogP contribution is 2.20. The molecule has 0 aliphatic carbocycles. The molecule has 25 heavy (non-hydrogen) atoms. The molecule has 1 amide bonds. The second kappa shape index (κ2) is 9.64. The van der Waals surface area contributed by atoms with E-state index in [1.807, 2.05) is 12.1 Å². The predicted molar refractivity (Wildman–Crippen MR) is 97.3 cm³/mol. The van der Waals surface area contributed by atoms with Crippen LogP contribution in [0.15, 0.2) is 65.6 Å². The molecule has 4 nitrogen and oxygen atoms in total. The standard InChI is InChI=1S/C19H18FNO3S/c1-2-24-18(22)4-3-13-25-17-11-9-16(10-12-17)21-19(23)14-5-7-15(20)8-6-14/h3-12H,2,13H2,1H3,(H,21,23)/b4-3+. The molecule has 6 heteroatoms. The number of esters is 1. The van der Waals surface area contributed by atoms with Crippen LogP contribution in [0.4, 0.5) is 10.1 Å². The Hall–Kier alpha value is -2.60. The van der Waals surface area contributed by atoms with Crippen molar-refractivity contribution in [2.45, 2.75) is 11.8 Å². The van der Waals surface area contributed by atoms with Gasteiger partial charge in [0.15, 0.2) is 0 Å². The van der Waals surface area contributed by atoms with E-state index >= 15 is 0 Å². The Labute approximate surface area is 150 Å². The maximum atomic E-state index is 12.9. The molecule has 0 aromatic heterocycles. The molecule has 1 N–H and O–H groups in total. The monoisotopic (exact) mass is 359 g/mol. The van der Waals surface area contributed by atoms with Crippen LogP contribution in [0.5, 0.6) is 0 Å². The van der Waals surface area contributed by atoms with E-state index in [9.17, 15) is 14.0 Å². The minimum Gasteiger partial charge on any atom is -0.463 e. The highest BCUT2D eigenvalue weighted by atomic mass is 32.2. The van der Waals surface area contributed by atoms with Crippen molar-refractivity contribution >= 4 is 29.3 Å². The van der Waals surface area contributed by atoms with Crippen LogP contribution in [-0.2, 0) is 9.53 Å². The largest absolute Gasteiger partial charge is 0.463 e. The number of carbonyl (C=O) groups is 2. The smallest absolute Gasteiger partial charge is 0.330 e. The van der Waals surface area contributed by atoms with Gasteiger partial charge >= 0.3 is 5.97 Å². The lowest BCUT2D eigenvalue weighted by Gasteiger charge is -2.06. The summed E-state index contributed by atoms with van der Waals surface area (Å²) in [4.78, 5) is 24.2. The molecule has 0 fully saturated rings. The summed E-state index contributed by atoms with van der Waals surface area (Å²) in [6.45, 7) is 2.12. The number of hydrogen-bond acceptors (Lipinski definition) is 4. The van der Waals surface area contributed by atoms with Gasteiger partial charge in [-0.1, -0.05) is 6.08 Å². The molecule has 130 valence electrons. The molecule has 0 saturated carbocycles. The van der Waals surface area contributed by atoms with Gasteiger partial charge in [0.2, 0.25) is 0 Å². The lowest BCUT2D eigenvalue weighted by Crippen LogP contribution is -2.11. The van der Waals surface area contributed by atoms with Gasteiger partial charge in [-0.3, -0.25) is 4.79 Å². The van der Waals surface area contributed by atoms with Crippen LogP contribution in [-0.4, -0.2) is 24.2 Å². The van der Waals surface area contributed by atoms with Crippen molar-refractivity contribution in [1.82, 2.24) is 0 Å². The van der Waals surface area contributed by atoms with E-state index < -0.39 is 0 Å². The summed E-state index contributed by atoms with van der Waals surface area (Å²) in [5.74, 6) is -0.380. The Kier molecular flexibility index (Phi) is 7.22. The van der Waals surface area contributed by atoms with Gasteiger partial charge in [-0.2, -0.15) is 0 Å². The number of hydrogen-bond donors (Lipinski definition) is 1. The summed E-state index contributed by atoms with van der Waals surface area (Å²) in [5.41, 5.74) is 1.05. The van der Waals surface area contributed by atoms with Gasteiger partial charge in [-0.05, 0) is 55.5 Å². The van der Waals surface area contributed by atoms with Crippen LogP contribution in [0.3, 0.4) is 0 Å². The SMILES string of the molecule is CCOC(=O)/C=C/CSc1ccc(NC(=O)c2ccc(F)cc2)cc1. The zero-order chi connectivity index (χ0) is 18.1. The molecule has 0 atom stereocenters. The minimum atomic E-state index is -0.380. The number of benzene rings is 2. The van der Waals surface area contributed by atoms with E-state index in [1.54, 1.807) is 36.9 Å². The molecule has 2 aromatic rings. The number of ether oxygens (including phenoxy) is 1. The third kappa shape index (κ3) is 6.43. The molecule has 0 aliphatic rings. The van der Waals surface area contributed by atoms with Crippen molar-refractivity contribution in [2.24, 2.45) is 0 Å². The molecular formula is C19H18FNO3S. The van der Waals surface area contributed by atoms with E-state index in [0.29, 0.717) is 23.6 Å². The summed E-state index contributed by atoms with van der Waals surface area (Å²) in [7, 11) is 0. The van der Waals surface area contributed by atoms with Crippen molar-refractivity contribution in [3.8, 4) is 0 Å². The quantitative estimate of drug-likeness (QED) is 0.455. The van der Waals surface area contributed by atoms with Gasteiger partial charge in [0.05, 0.1) is 6.61 Å². The molecule has 0 radical (unpaired) electrons. The molecule has 0 saturated heterocycles. The maximum Gasteiger partial charge on any atom is 0.330 e. The number of rotatable bonds is 7. The van der Waals surface area contributed by atoms with Gasteiger partial charge in [-0.15, -0.1) is 11.8 Å². The van der Waals surface area contributed by atoms with Crippen LogP contribution in [0.25, 0.3) is 0 Å². The Morgan fingerprint density at radius 1 is 1.12 bits per heavy atom. The summed E-state index contributed by atoms with van der Waals surface area (Å²) < 4.78 is 17.7. The van der Waals surface area contributed by atoms with E-state index in [0.717, 1.165) is 4.90 Å². The fourth-order valence-corrected chi connectivity index (χ4v) is 2.63. The lowest BCUT2D eigenvalue weighted by atomic mass is 10.2. The highest BCUT2D eigenvalue weighted by molar-refractivity contribution is 7.99. The molecule has 2 rings (SSSR count). The Bertz CT molecular complexity index is 742. The Morgan fingerprint density at radius 2 is 1.80 bits per heavy atom. The number of nitrogens with one attached hydrogen (secondary N) is 1. The number of amides is 1. The van der Waals surface area contributed by atoms with Crippen LogP contribution < -0.4 is 5.32 Å². The third-order valence-corrected chi connectivity index (χ3v) is 4.07. The van der Waals surface area contributed by atoms with E-state index in [-0.39, 0.29) is 17.7 Å². The second-order valence-corrected chi connectivity index (χ2v) is 6.04. The average molecular weight is 359 g/mol. The first-order chi connectivity index (χ1) is 12.1.